The summed E-state index contributed by atoms with van der Waals surface area (Å²) in [7, 11) is 0. The molecule has 2 heterocycles. The van der Waals surface area contributed by atoms with Crippen molar-refractivity contribution in [3.05, 3.63) is 59.2 Å². The lowest BCUT2D eigenvalue weighted by atomic mass is 10.0. The number of nitrogens with zero attached hydrogens (tertiary/aromatic N) is 4. The number of rotatable bonds is 5. The molecule has 0 bridgehead atoms. The Hall–Kier alpha value is -3.55. The number of hydrogen-bond acceptors (Lipinski definition) is 6. The Kier molecular flexibility index (Phi) is 5.31. The third-order valence-electron chi connectivity index (χ3n) is 5.86. The van der Waals surface area contributed by atoms with Crippen LogP contribution in [-0.2, 0) is 14.4 Å². The Morgan fingerprint density at radius 3 is 2.45 bits per heavy atom. The van der Waals surface area contributed by atoms with Gasteiger partial charge in [-0.15, -0.1) is 0 Å². The zero-order valence-electron chi connectivity index (χ0n) is 18.0. The Morgan fingerprint density at radius 1 is 1.06 bits per heavy atom. The van der Waals surface area contributed by atoms with Crippen LogP contribution in [0.3, 0.4) is 0 Å². The largest absolute Gasteiger partial charge is 0.324 e. The van der Waals surface area contributed by atoms with Gasteiger partial charge >= 0.3 is 0 Å². The number of benzene rings is 2. The molecule has 2 aliphatic heterocycles. The van der Waals surface area contributed by atoms with Crippen LogP contribution in [0.4, 0.5) is 11.4 Å². The third-order valence-corrected chi connectivity index (χ3v) is 5.86. The van der Waals surface area contributed by atoms with Crippen LogP contribution in [0, 0.1) is 13.8 Å². The summed E-state index contributed by atoms with van der Waals surface area (Å²) in [4.78, 5) is 39.7. The quantitative estimate of drug-likeness (QED) is 0.752. The van der Waals surface area contributed by atoms with E-state index in [0.29, 0.717) is 17.3 Å². The monoisotopic (exact) mass is 419 g/mol. The van der Waals surface area contributed by atoms with Gasteiger partial charge in [0, 0.05) is 5.69 Å². The molecule has 2 aromatic rings. The van der Waals surface area contributed by atoms with Crippen molar-refractivity contribution in [2.45, 2.75) is 45.7 Å². The maximum absolute atomic E-state index is 13.1. The van der Waals surface area contributed by atoms with E-state index in [9.17, 15) is 14.4 Å². The van der Waals surface area contributed by atoms with Gasteiger partial charge in [-0.1, -0.05) is 43.3 Å². The second-order valence-electron chi connectivity index (χ2n) is 8.25. The number of amides is 3. The van der Waals surface area contributed by atoms with Crippen LogP contribution in [0.1, 0.15) is 36.5 Å². The summed E-state index contributed by atoms with van der Waals surface area (Å²) >= 11 is 0. The lowest BCUT2D eigenvalue weighted by Gasteiger charge is -2.20. The molecule has 0 aliphatic carbocycles. The minimum atomic E-state index is -0.925. The predicted octanol–water partition coefficient (Wildman–Crippen LogP) is 3.36. The van der Waals surface area contributed by atoms with Crippen molar-refractivity contribution in [3.63, 3.8) is 0 Å². The maximum atomic E-state index is 13.1. The van der Waals surface area contributed by atoms with Gasteiger partial charge in [0.2, 0.25) is 5.91 Å². The van der Waals surface area contributed by atoms with Crippen molar-refractivity contribution in [1.29, 1.82) is 0 Å². The van der Waals surface area contributed by atoms with E-state index >= 15 is 0 Å². The van der Waals surface area contributed by atoms with Gasteiger partial charge in [0.15, 0.2) is 12.1 Å². The van der Waals surface area contributed by atoms with Gasteiger partial charge in [-0.3, -0.25) is 19.4 Å². The van der Waals surface area contributed by atoms with E-state index in [1.54, 1.807) is 12.1 Å². The van der Waals surface area contributed by atoms with E-state index in [1.165, 1.54) is 5.01 Å². The number of carbonyl (C=O) groups is 3. The molecule has 31 heavy (non-hydrogen) atoms. The number of anilines is 2. The molecule has 1 fully saturated rings. The molecule has 2 aromatic carbocycles. The van der Waals surface area contributed by atoms with Crippen molar-refractivity contribution < 1.29 is 14.4 Å². The molecule has 2 aliphatic rings. The van der Waals surface area contributed by atoms with Crippen molar-refractivity contribution >= 4 is 29.1 Å². The predicted molar refractivity (Wildman–Crippen MR) is 117 cm³/mol. The number of carbonyl (C=O) groups excluding carboxylic acids is 3. The van der Waals surface area contributed by atoms with E-state index in [0.717, 1.165) is 21.6 Å². The first kappa shape index (κ1) is 20.7. The second kappa shape index (κ2) is 7.94. The summed E-state index contributed by atoms with van der Waals surface area (Å²) < 4.78 is 0. The van der Waals surface area contributed by atoms with Crippen LogP contribution in [0.2, 0.25) is 0 Å². The normalized spacial score (nSPS) is 20.0. The van der Waals surface area contributed by atoms with E-state index in [-0.39, 0.29) is 12.5 Å². The molecule has 1 N–H and O–H groups in total. The fraction of sp³-hybridized carbons (Fsp3) is 0.348. The fourth-order valence-electron chi connectivity index (χ4n) is 3.84. The summed E-state index contributed by atoms with van der Waals surface area (Å²) in [6.45, 7) is 7.88. The van der Waals surface area contributed by atoms with Crippen LogP contribution < -0.4 is 10.2 Å². The number of aryl methyl sites for hydroxylation is 1. The van der Waals surface area contributed by atoms with E-state index in [2.05, 4.69) is 29.5 Å². The molecule has 2 unspecified atom stereocenters. The molecule has 3 amide bonds. The SMILES string of the molecule is Cc1cccc(NC(=O)CN2N=NC3C(=O)N(c4ccc(C(C)C)cc4)C(=O)C32)c1C. The van der Waals surface area contributed by atoms with Gasteiger partial charge in [0.05, 0.1) is 5.69 Å². The minimum Gasteiger partial charge on any atom is -0.324 e. The van der Waals surface area contributed by atoms with Crippen molar-refractivity contribution in [2.75, 3.05) is 16.8 Å². The molecule has 8 heteroatoms. The van der Waals surface area contributed by atoms with E-state index in [4.69, 9.17) is 0 Å². The highest BCUT2D eigenvalue weighted by atomic mass is 16.2. The maximum Gasteiger partial charge on any atom is 0.263 e. The number of fused-ring (bicyclic) bond motifs is 1. The van der Waals surface area contributed by atoms with Gasteiger partial charge < -0.3 is 5.32 Å². The van der Waals surface area contributed by atoms with Gasteiger partial charge in [0.25, 0.3) is 11.8 Å². The zero-order valence-corrected chi connectivity index (χ0v) is 18.0. The third kappa shape index (κ3) is 3.69. The van der Waals surface area contributed by atoms with Crippen LogP contribution in [0.25, 0.3) is 0 Å². The van der Waals surface area contributed by atoms with Gasteiger partial charge in [-0.25, -0.2) is 4.90 Å². The molecular weight excluding hydrogens is 394 g/mol. The summed E-state index contributed by atoms with van der Waals surface area (Å²) in [6, 6.07) is 11.2. The van der Waals surface area contributed by atoms with Crippen LogP contribution in [0.15, 0.2) is 52.8 Å². The first-order valence-electron chi connectivity index (χ1n) is 10.3. The molecule has 0 aromatic heterocycles. The van der Waals surface area contributed by atoms with Crippen molar-refractivity contribution in [1.82, 2.24) is 5.01 Å². The molecule has 0 radical (unpaired) electrons. The van der Waals surface area contributed by atoms with Crippen LogP contribution in [0.5, 0.6) is 0 Å². The standard InChI is InChI=1S/C23H25N5O3/c1-13(2)16-8-10-17(11-9-16)28-22(30)20-21(23(28)31)27(26-25-20)12-19(29)24-18-7-5-6-14(3)15(18)4/h5-11,13,20-21H,12H2,1-4H3,(H,24,29). The number of imide groups is 1. The topological polar surface area (TPSA) is 94.4 Å². The molecular formula is C23H25N5O3. The highest BCUT2D eigenvalue weighted by Gasteiger charge is 2.55. The summed E-state index contributed by atoms with van der Waals surface area (Å²) in [5.41, 5.74) is 4.36. The molecule has 1 saturated heterocycles. The first-order chi connectivity index (χ1) is 14.8. The molecule has 8 nitrogen and oxygen atoms in total. The van der Waals surface area contributed by atoms with Crippen molar-refractivity contribution in [2.24, 2.45) is 10.3 Å². The molecule has 0 saturated carbocycles. The summed E-state index contributed by atoms with van der Waals surface area (Å²) in [5.74, 6) is -0.822. The Bertz CT molecular complexity index is 1080. The number of nitrogens with one attached hydrogen (secondary N) is 1. The highest BCUT2D eigenvalue weighted by Crippen LogP contribution is 2.32. The Labute approximate surface area is 180 Å². The van der Waals surface area contributed by atoms with E-state index < -0.39 is 23.9 Å². The highest BCUT2D eigenvalue weighted by molar-refractivity contribution is 6.25. The molecule has 4 rings (SSSR count). The van der Waals surface area contributed by atoms with E-state index in [1.807, 2.05) is 44.2 Å². The zero-order chi connectivity index (χ0) is 22.3. The molecule has 2 atom stereocenters. The number of hydrogen-bond donors (Lipinski definition) is 1. The summed E-state index contributed by atoms with van der Waals surface area (Å²) in [6.07, 6.45) is 0. The summed E-state index contributed by atoms with van der Waals surface area (Å²) in [5, 5.41) is 12.1. The van der Waals surface area contributed by atoms with Crippen LogP contribution in [-0.4, -0.2) is 41.4 Å². The average molecular weight is 419 g/mol. The smallest absolute Gasteiger partial charge is 0.263 e. The first-order valence-corrected chi connectivity index (χ1v) is 10.3. The average Bonchev–Trinajstić information content (AvgIpc) is 3.25. The van der Waals surface area contributed by atoms with Gasteiger partial charge in [0.1, 0.15) is 6.54 Å². The van der Waals surface area contributed by atoms with Gasteiger partial charge in [-0.2, -0.15) is 5.11 Å². The minimum absolute atomic E-state index is 0.169. The molecule has 160 valence electrons. The Balaban J connectivity index is 1.49. The lowest BCUT2D eigenvalue weighted by Crippen LogP contribution is -2.43. The van der Waals surface area contributed by atoms with Crippen molar-refractivity contribution in [3.8, 4) is 0 Å². The molecule has 0 spiro atoms. The van der Waals surface area contributed by atoms with Gasteiger partial charge in [-0.05, 0) is 54.7 Å². The fourth-order valence-corrected chi connectivity index (χ4v) is 3.84. The van der Waals surface area contributed by atoms with Crippen LogP contribution >= 0.6 is 0 Å². The lowest BCUT2D eigenvalue weighted by molar-refractivity contribution is -0.123. The second-order valence-corrected chi connectivity index (χ2v) is 8.25. The Morgan fingerprint density at radius 2 is 1.77 bits per heavy atom.